The van der Waals surface area contributed by atoms with Crippen molar-refractivity contribution in [2.24, 2.45) is 5.92 Å². The molecule has 0 spiro atoms. The first-order valence-electron chi connectivity index (χ1n) is 7.21. The summed E-state index contributed by atoms with van der Waals surface area (Å²) in [6.07, 6.45) is 2.81. The molecule has 106 valence electrons. The molecule has 4 heteroatoms. The van der Waals surface area contributed by atoms with E-state index >= 15 is 0 Å². The number of likely N-dealkylation sites (tertiary alicyclic amines) is 1. The molecule has 0 bridgehead atoms. The number of rotatable bonds is 4. The molecule has 1 unspecified atom stereocenters. The number of hydrogen-bond acceptors (Lipinski definition) is 3. The molecule has 0 aromatic heterocycles. The zero-order chi connectivity index (χ0) is 14.4. The number of benzene rings is 1. The van der Waals surface area contributed by atoms with Gasteiger partial charge < -0.3 is 10.2 Å². The van der Waals surface area contributed by atoms with Crippen molar-refractivity contribution in [2.45, 2.75) is 26.2 Å². The average molecular weight is 271 g/mol. The molecule has 0 saturated carbocycles. The first-order valence-corrected chi connectivity index (χ1v) is 7.21. The summed E-state index contributed by atoms with van der Waals surface area (Å²) in [6, 6.07) is 9.51. The summed E-state index contributed by atoms with van der Waals surface area (Å²) >= 11 is 0. The second kappa shape index (κ2) is 6.95. The van der Waals surface area contributed by atoms with Gasteiger partial charge in [0.2, 0.25) is 5.91 Å². The molecule has 1 amide bonds. The summed E-state index contributed by atoms with van der Waals surface area (Å²) in [7, 11) is 0. The minimum Gasteiger partial charge on any atom is -0.383 e. The lowest BCUT2D eigenvalue weighted by Gasteiger charge is -2.31. The van der Waals surface area contributed by atoms with E-state index in [2.05, 4.69) is 18.3 Å². The Morgan fingerprint density at radius 1 is 1.50 bits per heavy atom. The molecule has 1 fully saturated rings. The number of anilines is 1. The highest BCUT2D eigenvalue weighted by Gasteiger charge is 2.20. The van der Waals surface area contributed by atoms with E-state index in [4.69, 9.17) is 5.26 Å². The summed E-state index contributed by atoms with van der Waals surface area (Å²) in [4.78, 5) is 14.1. The minimum atomic E-state index is 0.207. The SMILES string of the molecule is CC1CCCN(C(=O)CCNc2ccccc2C#N)C1. The van der Waals surface area contributed by atoms with Gasteiger partial charge in [-0.15, -0.1) is 0 Å². The Labute approximate surface area is 120 Å². The number of nitrogens with one attached hydrogen (secondary N) is 1. The Bertz CT molecular complexity index is 507. The third-order valence-corrected chi connectivity index (χ3v) is 3.71. The molecule has 4 nitrogen and oxygen atoms in total. The van der Waals surface area contributed by atoms with Crippen molar-refractivity contribution >= 4 is 11.6 Å². The van der Waals surface area contributed by atoms with Crippen LogP contribution in [0, 0.1) is 17.2 Å². The third kappa shape index (κ3) is 3.74. The summed E-state index contributed by atoms with van der Waals surface area (Å²) in [5.74, 6) is 0.818. The molecule has 1 saturated heterocycles. The Kier molecular flexibility index (Phi) is 5.00. The number of amides is 1. The van der Waals surface area contributed by atoms with Crippen molar-refractivity contribution in [2.75, 3.05) is 25.0 Å². The van der Waals surface area contributed by atoms with Gasteiger partial charge in [0.25, 0.3) is 0 Å². The normalized spacial score (nSPS) is 18.4. The molecule has 1 N–H and O–H groups in total. The van der Waals surface area contributed by atoms with E-state index in [1.807, 2.05) is 23.1 Å². The van der Waals surface area contributed by atoms with Gasteiger partial charge >= 0.3 is 0 Å². The Morgan fingerprint density at radius 2 is 2.30 bits per heavy atom. The van der Waals surface area contributed by atoms with Crippen LogP contribution in [-0.2, 0) is 4.79 Å². The fourth-order valence-electron chi connectivity index (χ4n) is 2.61. The van der Waals surface area contributed by atoms with Gasteiger partial charge in [0.05, 0.1) is 11.3 Å². The van der Waals surface area contributed by atoms with Gasteiger partial charge in [-0.3, -0.25) is 4.79 Å². The molecular formula is C16H21N3O. The fourth-order valence-corrected chi connectivity index (χ4v) is 2.61. The van der Waals surface area contributed by atoms with E-state index in [1.165, 1.54) is 6.42 Å². The number of hydrogen-bond donors (Lipinski definition) is 1. The third-order valence-electron chi connectivity index (χ3n) is 3.71. The lowest BCUT2D eigenvalue weighted by Crippen LogP contribution is -2.39. The van der Waals surface area contributed by atoms with Crippen molar-refractivity contribution in [1.29, 1.82) is 5.26 Å². The van der Waals surface area contributed by atoms with Crippen molar-refractivity contribution in [3.05, 3.63) is 29.8 Å². The highest BCUT2D eigenvalue weighted by atomic mass is 16.2. The maximum absolute atomic E-state index is 12.1. The fraction of sp³-hybridized carbons (Fsp3) is 0.500. The predicted molar refractivity (Wildman–Crippen MR) is 79.2 cm³/mol. The van der Waals surface area contributed by atoms with Gasteiger partial charge in [-0.2, -0.15) is 5.26 Å². The highest BCUT2D eigenvalue weighted by Crippen LogP contribution is 2.17. The van der Waals surface area contributed by atoms with Crippen molar-refractivity contribution in [1.82, 2.24) is 4.90 Å². The Hall–Kier alpha value is -2.02. The lowest BCUT2D eigenvalue weighted by atomic mass is 10.00. The highest BCUT2D eigenvalue weighted by molar-refractivity contribution is 5.77. The number of carbonyl (C=O) groups is 1. The number of piperidine rings is 1. The van der Waals surface area contributed by atoms with E-state index < -0.39 is 0 Å². The molecule has 1 atom stereocenters. The molecule has 1 heterocycles. The summed E-state index contributed by atoms with van der Waals surface area (Å²) in [6.45, 7) is 4.54. The molecule has 20 heavy (non-hydrogen) atoms. The van der Waals surface area contributed by atoms with Crippen LogP contribution >= 0.6 is 0 Å². The Morgan fingerprint density at radius 3 is 3.05 bits per heavy atom. The smallest absolute Gasteiger partial charge is 0.224 e. The number of nitrogens with zero attached hydrogens (tertiary/aromatic N) is 2. The van der Waals surface area contributed by atoms with Crippen molar-refractivity contribution in [3.8, 4) is 6.07 Å². The van der Waals surface area contributed by atoms with E-state index in [9.17, 15) is 4.79 Å². The van der Waals surface area contributed by atoms with Crippen molar-refractivity contribution < 1.29 is 4.79 Å². The van der Waals surface area contributed by atoms with Crippen LogP contribution in [0.2, 0.25) is 0 Å². The second-order valence-electron chi connectivity index (χ2n) is 5.42. The zero-order valence-electron chi connectivity index (χ0n) is 11.9. The summed E-state index contributed by atoms with van der Waals surface area (Å²) < 4.78 is 0. The van der Waals surface area contributed by atoms with Gasteiger partial charge in [0, 0.05) is 26.1 Å². The largest absolute Gasteiger partial charge is 0.383 e. The van der Waals surface area contributed by atoms with Crippen LogP contribution in [0.5, 0.6) is 0 Å². The average Bonchev–Trinajstić information content (AvgIpc) is 2.47. The molecule has 1 aromatic rings. The maximum atomic E-state index is 12.1. The minimum absolute atomic E-state index is 0.207. The van der Waals surface area contributed by atoms with Crippen LogP contribution in [0.1, 0.15) is 31.7 Å². The molecular weight excluding hydrogens is 250 g/mol. The molecule has 1 aliphatic heterocycles. The first kappa shape index (κ1) is 14.4. The molecule has 0 aliphatic carbocycles. The molecule has 1 aromatic carbocycles. The Balaban J connectivity index is 1.81. The van der Waals surface area contributed by atoms with Crippen molar-refractivity contribution in [3.63, 3.8) is 0 Å². The van der Waals surface area contributed by atoms with Crippen LogP contribution in [0.3, 0.4) is 0 Å². The topological polar surface area (TPSA) is 56.1 Å². The second-order valence-corrected chi connectivity index (χ2v) is 5.42. The standard InChI is InChI=1S/C16H21N3O/c1-13-5-4-10-19(12-13)16(20)8-9-18-15-7-3-2-6-14(15)11-17/h2-3,6-7,13,18H,4-5,8-10,12H2,1H3. The van der Waals surface area contributed by atoms with E-state index in [1.54, 1.807) is 6.07 Å². The number of para-hydroxylation sites is 1. The zero-order valence-corrected chi connectivity index (χ0v) is 11.9. The van der Waals surface area contributed by atoms with Gasteiger partial charge in [-0.05, 0) is 30.9 Å². The quantitative estimate of drug-likeness (QED) is 0.915. The lowest BCUT2D eigenvalue weighted by molar-refractivity contribution is -0.132. The van der Waals surface area contributed by atoms with Crippen LogP contribution < -0.4 is 5.32 Å². The van der Waals surface area contributed by atoms with Gasteiger partial charge in [-0.25, -0.2) is 0 Å². The van der Waals surface area contributed by atoms with Gasteiger partial charge in [-0.1, -0.05) is 19.1 Å². The monoisotopic (exact) mass is 271 g/mol. The van der Waals surface area contributed by atoms with Crippen LogP contribution in [0.4, 0.5) is 5.69 Å². The maximum Gasteiger partial charge on any atom is 0.224 e. The molecule has 0 radical (unpaired) electrons. The number of nitriles is 1. The van der Waals surface area contributed by atoms with Gasteiger partial charge in [0.15, 0.2) is 0 Å². The van der Waals surface area contributed by atoms with Crippen LogP contribution in [0.15, 0.2) is 24.3 Å². The molecule has 1 aliphatic rings. The molecule has 2 rings (SSSR count). The summed E-state index contributed by atoms with van der Waals surface area (Å²) in [5.41, 5.74) is 1.42. The number of carbonyl (C=O) groups excluding carboxylic acids is 1. The predicted octanol–water partition coefficient (Wildman–Crippen LogP) is 2.62. The summed E-state index contributed by atoms with van der Waals surface area (Å²) in [5, 5.41) is 12.2. The van der Waals surface area contributed by atoms with Gasteiger partial charge in [0.1, 0.15) is 6.07 Å². The van der Waals surface area contributed by atoms with E-state index in [0.717, 1.165) is 25.2 Å². The van der Waals surface area contributed by atoms with E-state index in [-0.39, 0.29) is 5.91 Å². The first-order chi connectivity index (χ1) is 9.70. The van der Waals surface area contributed by atoms with Crippen LogP contribution in [0.25, 0.3) is 0 Å². The van der Waals surface area contributed by atoms with Crippen LogP contribution in [-0.4, -0.2) is 30.4 Å². The van der Waals surface area contributed by atoms with E-state index in [0.29, 0.717) is 24.4 Å².